The van der Waals surface area contributed by atoms with E-state index in [2.05, 4.69) is 5.32 Å². The van der Waals surface area contributed by atoms with E-state index in [1.54, 1.807) is 0 Å². The number of rotatable bonds is 4. The van der Waals surface area contributed by atoms with Crippen molar-refractivity contribution >= 4 is 23.4 Å². The van der Waals surface area contributed by atoms with Crippen LogP contribution in [-0.2, 0) is 4.79 Å². The molecule has 0 aliphatic carbocycles. The molecule has 1 aromatic carbocycles. The van der Waals surface area contributed by atoms with Gasteiger partial charge in [0.1, 0.15) is 0 Å². The zero-order chi connectivity index (χ0) is 14.8. The van der Waals surface area contributed by atoms with Gasteiger partial charge in [0, 0.05) is 16.8 Å². The van der Waals surface area contributed by atoms with Crippen LogP contribution >= 0.6 is 0 Å². The quantitative estimate of drug-likeness (QED) is 0.584. The molecule has 0 saturated heterocycles. The summed E-state index contributed by atoms with van der Waals surface area (Å²) in [5.74, 6) is -1.93. The standard InChI is InChI=1S/C12H16N4O3/c1-12(2,15)11(19)16-8-4-6(9(13)17)3-7(5-8)10(14)18/h3-5H,15H2,1-2H3,(H2,13,17)(H2,14,18)(H,16,19). The molecule has 0 heterocycles. The highest BCUT2D eigenvalue weighted by Crippen LogP contribution is 2.16. The molecule has 0 aliphatic rings. The number of nitrogens with one attached hydrogen (secondary N) is 1. The van der Waals surface area contributed by atoms with E-state index in [1.165, 1.54) is 32.0 Å². The van der Waals surface area contributed by atoms with Crippen molar-refractivity contribution < 1.29 is 14.4 Å². The molecule has 0 unspecified atom stereocenters. The third-order valence-corrected chi connectivity index (χ3v) is 2.35. The lowest BCUT2D eigenvalue weighted by atomic mass is 10.0. The Kier molecular flexibility index (Phi) is 3.91. The molecule has 0 aliphatic heterocycles. The Bertz CT molecular complexity index is 514. The summed E-state index contributed by atoms with van der Waals surface area (Å²) in [6.07, 6.45) is 0. The van der Waals surface area contributed by atoms with Gasteiger partial charge >= 0.3 is 0 Å². The average molecular weight is 264 g/mol. The molecule has 19 heavy (non-hydrogen) atoms. The van der Waals surface area contributed by atoms with Crippen LogP contribution in [0.2, 0.25) is 0 Å². The minimum atomic E-state index is -1.10. The van der Waals surface area contributed by atoms with Crippen LogP contribution in [-0.4, -0.2) is 23.3 Å². The Morgan fingerprint density at radius 3 is 1.74 bits per heavy atom. The summed E-state index contributed by atoms with van der Waals surface area (Å²) in [5, 5.41) is 2.49. The molecule has 7 nitrogen and oxygen atoms in total. The van der Waals surface area contributed by atoms with E-state index in [0.29, 0.717) is 0 Å². The number of primary amides is 2. The van der Waals surface area contributed by atoms with E-state index in [4.69, 9.17) is 17.2 Å². The Morgan fingerprint density at radius 1 is 1.00 bits per heavy atom. The van der Waals surface area contributed by atoms with E-state index in [0.717, 1.165) is 0 Å². The van der Waals surface area contributed by atoms with Gasteiger partial charge in [0.15, 0.2) is 0 Å². The minimum Gasteiger partial charge on any atom is -0.366 e. The zero-order valence-corrected chi connectivity index (χ0v) is 10.7. The lowest BCUT2D eigenvalue weighted by Gasteiger charge is -2.18. The first-order valence-corrected chi connectivity index (χ1v) is 5.46. The first-order chi connectivity index (χ1) is 8.61. The van der Waals surface area contributed by atoms with Crippen molar-refractivity contribution in [3.05, 3.63) is 29.3 Å². The second-order valence-electron chi connectivity index (χ2n) is 4.70. The highest BCUT2D eigenvalue weighted by atomic mass is 16.2. The van der Waals surface area contributed by atoms with Gasteiger partial charge in [-0.3, -0.25) is 14.4 Å². The molecule has 7 heteroatoms. The van der Waals surface area contributed by atoms with E-state index in [9.17, 15) is 14.4 Å². The van der Waals surface area contributed by atoms with Crippen molar-refractivity contribution in [2.45, 2.75) is 19.4 Å². The van der Waals surface area contributed by atoms with Crippen LogP contribution in [0.15, 0.2) is 18.2 Å². The van der Waals surface area contributed by atoms with Crippen LogP contribution in [0.5, 0.6) is 0 Å². The van der Waals surface area contributed by atoms with Crippen molar-refractivity contribution in [1.82, 2.24) is 0 Å². The van der Waals surface area contributed by atoms with Gasteiger partial charge in [0.2, 0.25) is 17.7 Å². The van der Waals surface area contributed by atoms with Crippen molar-refractivity contribution in [3.8, 4) is 0 Å². The molecule has 7 N–H and O–H groups in total. The second-order valence-corrected chi connectivity index (χ2v) is 4.70. The van der Waals surface area contributed by atoms with Gasteiger partial charge in [-0.05, 0) is 32.0 Å². The molecule has 0 aromatic heterocycles. The van der Waals surface area contributed by atoms with Gasteiger partial charge in [-0.2, -0.15) is 0 Å². The highest BCUT2D eigenvalue weighted by Gasteiger charge is 2.22. The lowest BCUT2D eigenvalue weighted by molar-refractivity contribution is -0.120. The molecular weight excluding hydrogens is 248 g/mol. The smallest absolute Gasteiger partial charge is 0.248 e. The SMILES string of the molecule is CC(C)(N)C(=O)Nc1cc(C(N)=O)cc(C(N)=O)c1. The number of anilines is 1. The molecule has 0 spiro atoms. The van der Waals surface area contributed by atoms with E-state index >= 15 is 0 Å². The fraction of sp³-hybridized carbons (Fsp3) is 0.250. The molecule has 1 rings (SSSR count). The van der Waals surface area contributed by atoms with Crippen molar-refractivity contribution in [2.75, 3.05) is 5.32 Å². The van der Waals surface area contributed by atoms with E-state index in [-0.39, 0.29) is 16.8 Å². The van der Waals surface area contributed by atoms with Crippen LogP contribution in [0.3, 0.4) is 0 Å². The number of nitrogens with two attached hydrogens (primary N) is 3. The molecule has 0 bridgehead atoms. The second kappa shape index (κ2) is 5.07. The van der Waals surface area contributed by atoms with Crippen LogP contribution in [0.25, 0.3) is 0 Å². The third kappa shape index (κ3) is 3.78. The number of carbonyl (C=O) groups excluding carboxylic acids is 3. The normalized spacial score (nSPS) is 10.9. The minimum absolute atomic E-state index is 0.0708. The Labute approximate surface area is 110 Å². The maximum Gasteiger partial charge on any atom is 0.248 e. The molecule has 0 radical (unpaired) electrons. The molecule has 0 saturated carbocycles. The topological polar surface area (TPSA) is 141 Å². The van der Waals surface area contributed by atoms with Crippen molar-refractivity contribution in [1.29, 1.82) is 0 Å². The summed E-state index contributed by atoms with van der Waals surface area (Å²) in [7, 11) is 0. The Morgan fingerprint density at radius 2 is 1.42 bits per heavy atom. The maximum atomic E-state index is 11.7. The summed E-state index contributed by atoms with van der Waals surface area (Å²) in [4.78, 5) is 34.0. The van der Waals surface area contributed by atoms with Gasteiger partial charge in [-0.25, -0.2) is 0 Å². The molecule has 1 aromatic rings. The summed E-state index contributed by atoms with van der Waals surface area (Å²) >= 11 is 0. The summed E-state index contributed by atoms with van der Waals surface area (Å²) in [6.45, 7) is 3.05. The molecule has 0 atom stereocenters. The van der Waals surface area contributed by atoms with Crippen molar-refractivity contribution in [2.24, 2.45) is 17.2 Å². The Balaban J connectivity index is 3.17. The first-order valence-electron chi connectivity index (χ1n) is 5.46. The van der Waals surface area contributed by atoms with Crippen molar-refractivity contribution in [3.63, 3.8) is 0 Å². The molecule has 0 fully saturated rings. The predicted octanol–water partition coefficient (Wildman–Crippen LogP) is -0.440. The number of hydrogen-bond acceptors (Lipinski definition) is 4. The van der Waals surface area contributed by atoms with Gasteiger partial charge in [0.25, 0.3) is 0 Å². The Hall–Kier alpha value is -2.41. The van der Waals surface area contributed by atoms with E-state index in [1.807, 2.05) is 0 Å². The highest BCUT2D eigenvalue weighted by molar-refractivity contribution is 6.03. The number of benzene rings is 1. The molecule has 3 amide bonds. The van der Waals surface area contributed by atoms with E-state index < -0.39 is 23.3 Å². The van der Waals surface area contributed by atoms with Crippen LogP contribution in [0.4, 0.5) is 5.69 Å². The maximum absolute atomic E-state index is 11.7. The first kappa shape index (κ1) is 14.7. The monoisotopic (exact) mass is 264 g/mol. The van der Waals surface area contributed by atoms with Crippen LogP contribution in [0, 0.1) is 0 Å². The number of amides is 3. The summed E-state index contributed by atoms with van der Waals surface area (Å²) in [5.41, 5.74) is 15.2. The average Bonchev–Trinajstić information content (AvgIpc) is 2.27. The zero-order valence-electron chi connectivity index (χ0n) is 10.7. The van der Waals surface area contributed by atoms with Gasteiger partial charge in [-0.15, -0.1) is 0 Å². The van der Waals surface area contributed by atoms with Gasteiger partial charge < -0.3 is 22.5 Å². The van der Waals surface area contributed by atoms with Gasteiger partial charge in [0.05, 0.1) is 5.54 Å². The predicted molar refractivity (Wildman–Crippen MR) is 70.4 cm³/mol. The fourth-order valence-corrected chi connectivity index (χ4v) is 1.28. The summed E-state index contributed by atoms with van der Waals surface area (Å²) < 4.78 is 0. The molecular formula is C12H16N4O3. The third-order valence-electron chi connectivity index (χ3n) is 2.35. The summed E-state index contributed by atoms with van der Waals surface area (Å²) in [6, 6.07) is 3.95. The van der Waals surface area contributed by atoms with Crippen LogP contribution < -0.4 is 22.5 Å². The largest absolute Gasteiger partial charge is 0.366 e. The van der Waals surface area contributed by atoms with Gasteiger partial charge in [-0.1, -0.05) is 0 Å². The molecule has 102 valence electrons. The number of carbonyl (C=O) groups is 3. The number of hydrogen-bond donors (Lipinski definition) is 4. The van der Waals surface area contributed by atoms with Crippen LogP contribution in [0.1, 0.15) is 34.6 Å². The lowest BCUT2D eigenvalue weighted by Crippen LogP contribution is -2.45. The fourth-order valence-electron chi connectivity index (χ4n) is 1.28.